The SMILES string of the molecule is CCN(CC(=O)O)C1CC(NC(=O)N2CC3(CCC3)C2C2CCCO2)C1. The second-order valence-electron chi connectivity index (χ2n) is 8.57. The lowest BCUT2D eigenvalue weighted by atomic mass is 9.56. The lowest BCUT2D eigenvalue weighted by Gasteiger charge is -2.63. The van der Waals surface area contributed by atoms with Crippen molar-refractivity contribution in [1.29, 1.82) is 0 Å². The summed E-state index contributed by atoms with van der Waals surface area (Å²) in [5.41, 5.74) is 0.328. The van der Waals surface area contributed by atoms with Crippen LogP contribution in [0.2, 0.25) is 0 Å². The molecular weight excluding hydrogens is 334 g/mol. The Morgan fingerprint density at radius 1 is 1.31 bits per heavy atom. The van der Waals surface area contributed by atoms with Crippen LogP contribution in [0.25, 0.3) is 0 Å². The number of amides is 2. The summed E-state index contributed by atoms with van der Waals surface area (Å²) in [6.45, 7) is 4.50. The molecule has 0 bridgehead atoms. The number of ether oxygens (including phenoxy) is 1. The fourth-order valence-corrected chi connectivity index (χ4v) is 5.41. The summed E-state index contributed by atoms with van der Waals surface area (Å²) in [5, 5.41) is 12.2. The quantitative estimate of drug-likeness (QED) is 0.748. The predicted octanol–water partition coefficient (Wildman–Crippen LogP) is 1.67. The van der Waals surface area contributed by atoms with E-state index in [0.29, 0.717) is 5.41 Å². The van der Waals surface area contributed by atoms with Crippen LogP contribution >= 0.6 is 0 Å². The standard InChI is InChI=1S/C19H31N3O4/c1-2-21(11-16(23)24)14-9-13(10-14)20-18(25)22-12-19(6-4-7-19)17(22)15-5-3-8-26-15/h13-15,17H,2-12H2,1H3,(H,20,25)(H,23,24). The molecule has 4 rings (SSSR count). The van der Waals surface area contributed by atoms with E-state index in [2.05, 4.69) is 5.32 Å². The van der Waals surface area contributed by atoms with E-state index in [4.69, 9.17) is 9.84 Å². The summed E-state index contributed by atoms with van der Waals surface area (Å²) in [6, 6.07) is 0.740. The Kier molecular flexibility index (Phi) is 4.86. The van der Waals surface area contributed by atoms with Gasteiger partial charge in [0.2, 0.25) is 0 Å². The Morgan fingerprint density at radius 3 is 2.62 bits per heavy atom. The normalized spacial score (nSPS) is 34.9. The molecule has 2 aliphatic carbocycles. The second-order valence-corrected chi connectivity index (χ2v) is 8.57. The monoisotopic (exact) mass is 365 g/mol. The molecule has 7 heteroatoms. The number of hydrogen-bond acceptors (Lipinski definition) is 4. The van der Waals surface area contributed by atoms with Gasteiger partial charge in [-0.1, -0.05) is 13.3 Å². The van der Waals surface area contributed by atoms with Crippen molar-refractivity contribution in [3.8, 4) is 0 Å². The number of rotatable bonds is 6. The Balaban J connectivity index is 1.28. The molecule has 146 valence electrons. The third-order valence-corrected chi connectivity index (χ3v) is 7.08. The van der Waals surface area contributed by atoms with Gasteiger partial charge in [-0.25, -0.2) is 4.79 Å². The van der Waals surface area contributed by atoms with Gasteiger partial charge in [-0.15, -0.1) is 0 Å². The molecule has 7 nitrogen and oxygen atoms in total. The van der Waals surface area contributed by atoms with Crippen molar-refractivity contribution in [2.24, 2.45) is 5.41 Å². The van der Waals surface area contributed by atoms with E-state index in [1.807, 2.05) is 16.7 Å². The Bertz CT molecular complexity index is 553. The van der Waals surface area contributed by atoms with Crippen LogP contribution in [0, 0.1) is 5.41 Å². The van der Waals surface area contributed by atoms with E-state index >= 15 is 0 Å². The number of nitrogens with zero attached hydrogens (tertiary/aromatic N) is 2. The lowest BCUT2D eigenvalue weighted by Crippen LogP contribution is -2.74. The van der Waals surface area contributed by atoms with Gasteiger partial charge in [0, 0.05) is 30.7 Å². The van der Waals surface area contributed by atoms with E-state index in [1.54, 1.807) is 0 Å². The van der Waals surface area contributed by atoms with E-state index in [1.165, 1.54) is 19.3 Å². The number of likely N-dealkylation sites (tertiary alicyclic amines) is 1. The number of nitrogens with one attached hydrogen (secondary N) is 1. The van der Waals surface area contributed by atoms with E-state index in [0.717, 1.165) is 45.4 Å². The minimum atomic E-state index is -0.787. The zero-order chi connectivity index (χ0) is 18.3. The van der Waals surface area contributed by atoms with E-state index in [9.17, 15) is 9.59 Å². The van der Waals surface area contributed by atoms with Crippen LogP contribution in [0.15, 0.2) is 0 Å². The van der Waals surface area contributed by atoms with Gasteiger partial charge in [-0.2, -0.15) is 0 Å². The summed E-state index contributed by atoms with van der Waals surface area (Å²) in [7, 11) is 0. The molecule has 2 heterocycles. The maximum absolute atomic E-state index is 12.8. The number of hydrogen-bond donors (Lipinski definition) is 2. The zero-order valence-corrected chi connectivity index (χ0v) is 15.7. The van der Waals surface area contributed by atoms with Gasteiger partial charge in [-0.05, 0) is 45.1 Å². The highest BCUT2D eigenvalue weighted by Gasteiger charge is 2.60. The van der Waals surface area contributed by atoms with Crippen molar-refractivity contribution in [2.75, 3.05) is 26.2 Å². The van der Waals surface area contributed by atoms with Crippen LogP contribution in [-0.4, -0.2) is 77.4 Å². The van der Waals surface area contributed by atoms with Crippen molar-refractivity contribution in [2.45, 2.75) is 76.1 Å². The van der Waals surface area contributed by atoms with Crippen LogP contribution < -0.4 is 5.32 Å². The molecule has 0 aromatic carbocycles. The number of carboxylic acid groups (broad SMARTS) is 1. The second kappa shape index (κ2) is 7.00. The van der Waals surface area contributed by atoms with Gasteiger partial charge in [-0.3, -0.25) is 9.69 Å². The summed E-state index contributed by atoms with van der Waals surface area (Å²) in [4.78, 5) is 27.7. The highest BCUT2D eigenvalue weighted by molar-refractivity contribution is 5.76. The van der Waals surface area contributed by atoms with Gasteiger partial charge < -0.3 is 20.1 Å². The molecule has 2 aliphatic heterocycles. The average Bonchev–Trinajstić information content (AvgIpc) is 2.99. The Hall–Kier alpha value is -1.34. The topological polar surface area (TPSA) is 82.1 Å². The summed E-state index contributed by atoms with van der Waals surface area (Å²) in [6.07, 6.45) is 7.82. The zero-order valence-electron chi connectivity index (χ0n) is 15.7. The third kappa shape index (κ3) is 3.09. The molecule has 2 N–H and O–H groups in total. The number of aliphatic carboxylic acids is 1. The Labute approximate surface area is 155 Å². The first kappa shape index (κ1) is 18.0. The van der Waals surface area contributed by atoms with Gasteiger partial charge in [0.1, 0.15) is 0 Å². The van der Waals surface area contributed by atoms with Crippen LogP contribution in [0.5, 0.6) is 0 Å². The summed E-state index contributed by atoms with van der Waals surface area (Å²) >= 11 is 0. The third-order valence-electron chi connectivity index (χ3n) is 7.08. The van der Waals surface area contributed by atoms with Crippen LogP contribution in [0.3, 0.4) is 0 Å². The molecule has 2 saturated carbocycles. The molecule has 0 radical (unpaired) electrons. The molecule has 0 aromatic heterocycles. The molecule has 26 heavy (non-hydrogen) atoms. The fourth-order valence-electron chi connectivity index (χ4n) is 5.41. The van der Waals surface area contributed by atoms with Crippen LogP contribution in [0.1, 0.15) is 51.9 Å². The first-order chi connectivity index (χ1) is 12.5. The number of carboxylic acids is 1. The number of carbonyl (C=O) groups excluding carboxylic acids is 1. The number of carbonyl (C=O) groups is 2. The van der Waals surface area contributed by atoms with E-state index < -0.39 is 5.97 Å². The highest BCUT2D eigenvalue weighted by Crippen LogP contribution is 2.55. The fraction of sp³-hybridized carbons (Fsp3) is 0.895. The lowest BCUT2D eigenvalue weighted by molar-refractivity contribution is -0.148. The predicted molar refractivity (Wildman–Crippen MR) is 96.0 cm³/mol. The number of likely N-dealkylation sites (N-methyl/N-ethyl adjacent to an activating group) is 1. The molecule has 1 spiro atoms. The van der Waals surface area contributed by atoms with Gasteiger partial charge in [0.25, 0.3) is 0 Å². The first-order valence-corrected chi connectivity index (χ1v) is 10.2. The minimum Gasteiger partial charge on any atom is -0.480 e. The first-order valence-electron chi connectivity index (χ1n) is 10.2. The smallest absolute Gasteiger partial charge is 0.317 e. The molecular formula is C19H31N3O4. The van der Waals surface area contributed by atoms with Gasteiger partial charge in [0.15, 0.2) is 0 Å². The highest BCUT2D eigenvalue weighted by atomic mass is 16.5. The van der Waals surface area contributed by atoms with Gasteiger partial charge in [0.05, 0.1) is 18.7 Å². The van der Waals surface area contributed by atoms with Crippen molar-refractivity contribution < 1.29 is 19.4 Å². The van der Waals surface area contributed by atoms with E-state index in [-0.39, 0.29) is 36.8 Å². The summed E-state index contributed by atoms with van der Waals surface area (Å²) in [5.74, 6) is -0.787. The van der Waals surface area contributed by atoms with Gasteiger partial charge >= 0.3 is 12.0 Å². The molecule has 4 aliphatic rings. The molecule has 2 atom stereocenters. The Morgan fingerprint density at radius 2 is 2.08 bits per heavy atom. The van der Waals surface area contributed by atoms with Crippen LogP contribution in [-0.2, 0) is 9.53 Å². The average molecular weight is 365 g/mol. The number of urea groups is 1. The molecule has 2 saturated heterocycles. The molecule has 0 aromatic rings. The molecule has 2 amide bonds. The minimum absolute atomic E-state index is 0.0489. The molecule has 2 unspecified atom stereocenters. The largest absolute Gasteiger partial charge is 0.480 e. The van der Waals surface area contributed by atoms with Crippen molar-refractivity contribution >= 4 is 12.0 Å². The maximum Gasteiger partial charge on any atom is 0.317 e. The van der Waals surface area contributed by atoms with Crippen molar-refractivity contribution in [3.63, 3.8) is 0 Å². The van der Waals surface area contributed by atoms with Crippen molar-refractivity contribution in [3.05, 3.63) is 0 Å². The summed E-state index contributed by atoms with van der Waals surface area (Å²) < 4.78 is 5.93. The molecule has 4 fully saturated rings. The van der Waals surface area contributed by atoms with Crippen LogP contribution in [0.4, 0.5) is 4.79 Å². The van der Waals surface area contributed by atoms with Crippen molar-refractivity contribution in [1.82, 2.24) is 15.1 Å². The maximum atomic E-state index is 12.8.